The van der Waals surface area contributed by atoms with Gasteiger partial charge in [0.05, 0.1) is 28.7 Å². The number of benzene rings is 2. The van der Waals surface area contributed by atoms with Crippen molar-refractivity contribution >= 4 is 31.6 Å². The topological polar surface area (TPSA) is 133 Å². The molecule has 10 nitrogen and oxygen atoms in total. The van der Waals surface area contributed by atoms with E-state index in [2.05, 4.69) is 5.32 Å². The van der Waals surface area contributed by atoms with Gasteiger partial charge in [-0.05, 0) is 49.2 Å². The van der Waals surface area contributed by atoms with Crippen LogP contribution in [0, 0.1) is 0 Å². The number of anilines is 1. The summed E-state index contributed by atoms with van der Waals surface area (Å²) in [6.45, 7) is 1.91. The molecule has 0 saturated carbocycles. The average molecular weight is 496 g/mol. The first-order valence-corrected chi connectivity index (χ1v) is 13.4. The van der Waals surface area contributed by atoms with Crippen molar-refractivity contribution in [2.24, 2.45) is 0 Å². The highest BCUT2D eigenvalue weighted by Gasteiger charge is 2.29. The van der Waals surface area contributed by atoms with E-state index in [0.29, 0.717) is 26.3 Å². The minimum atomic E-state index is -3.80. The molecule has 0 spiro atoms. The summed E-state index contributed by atoms with van der Waals surface area (Å²) in [7, 11) is -7.54. The summed E-state index contributed by atoms with van der Waals surface area (Å²) in [4.78, 5) is 12.8. The first-order valence-electron chi connectivity index (χ1n) is 10.5. The molecule has 2 N–H and O–H groups in total. The van der Waals surface area contributed by atoms with E-state index in [1.807, 2.05) is 0 Å². The van der Waals surface area contributed by atoms with Crippen LogP contribution in [0.4, 0.5) is 5.69 Å². The lowest BCUT2D eigenvalue weighted by Crippen LogP contribution is -2.40. The molecule has 2 heterocycles. The first-order chi connectivity index (χ1) is 15.7. The van der Waals surface area contributed by atoms with Gasteiger partial charge in [0.25, 0.3) is 5.91 Å². The van der Waals surface area contributed by atoms with Crippen LogP contribution in [-0.4, -0.2) is 75.9 Å². The predicted molar refractivity (Wildman–Crippen MR) is 120 cm³/mol. The summed E-state index contributed by atoms with van der Waals surface area (Å²) in [5.41, 5.74) is -0.0294. The smallest absolute Gasteiger partial charge is 0.255 e. The Labute approximate surface area is 192 Å². The normalized spacial score (nSPS) is 18.3. The number of phenolic OH excluding ortho intramolecular Hbond substituents is 1. The van der Waals surface area contributed by atoms with Gasteiger partial charge in [-0.1, -0.05) is 6.07 Å². The van der Waals surface area contributed by atoms with Gasteiger partial charge in [0.1, 0.15) is 5.75 Å². The number of nitrogens with zero attached hydrogens (tertiary/aromatic N) is 2. The van der Waals surface area contributed by atoms with Gasteiger partial charge in [0.2, 0.25) is 20.0 Å². The van der Waals surface area contributed by atoms with Gasteiger partial charge in [-0.15, -0.1) is 0 Å². The zero-order valence-corrected chi connectivity index (χ0v) is 19.4. The van der Waals surface area contributed by atoms with E-state index in [-0.39, 0.29) is 39.9 Å². The van der Waals surface area contributed by atoms with Crippen LogP contribution >= 0.6 is 0 Å². The summed E-state index contributed by atoms with van der Waals surface area (Å²) in [5, 5.41) is 12.7. The van der Waals surface area contributed by atoms with Gasteiger partial charge in [-0.25, -0.2) is 16.8 Å². The molecule has 1 amide bonds. The van der Waals surface area contributed by atoms with Crippen LogP contribution in [0.15, 0.2) is 52.3 Å². The second-order valence-corrected chi connectivity index (χ2v) is 11.7. The number of hydrogen-bond acceptors (Lipinski definition) is 7. The zero-order chi connectivity index (χ0) is 23.6. The number of hydrogen-bond donors (Lipinski definition) is 2. The molecule has 0 aliphatic carbocycles. The highest BCUT2D eigenvalue weighted by molar-refractivity contribution is 7.89. The number of ether oxygens (including phenoxy) is 1. The fourth-order valence-corrected chi connectivity index (χ4v) is 6.78. The number of rotatable bonds is 6. The molecule has 0 bridgehead atoms. The Bertz CT molecular complexity index is 1250. The van der Waals surface area contributed by atoms with Crippen molar-refractivity contribution in [1.82, 2.24) is 8.61 Å². The Morgan fingerprint density at radius 1 is 0.848 bits per heavy atom. The largest absolute Gasteiger partial charge is 0.506 e. The quantitative estimate of drug-likeness (QED) is 0.580. The van der Waals surface area contributed by atoms with Gasteiger partial charge < -0.3 is 15.2 Å². The monoisotopic (exact) mass is 495 g/mol. The molecule has 2 fully saturated rings. The number of morpholine rings is 1. The van der Waals surface area contributed by atoms with Crippen LogP contribution in [0.3, 0.4) is 0 Å². The van der Waals surface area contributed by atoms with Gasteiger partial charge >= 0.3 is 0 Å². The zero-order valence-electron chi connectivity index (χ0n) is 17.8. The molecular weight excluding hydrogens is 470 g/mol. The van der Waals surface area contributed by atoms with Crippen LogP contribution in [0.1, 0.15) is 23.2 Å². The van der Waals surface area contributed by atoms with E-state index in [9.17, 15) is 26.7 Å². The maximum absolute atomic E-state index is 12.9. The molecular formula is C21H25N3O7S2. The SMILES string of the molecule is O=C(Nc1cc(S(=O)(=O)N2CCCC2)ccc1O)c1cccc(S(=O)(=O)N2CCOCC2)c1. The van der Waals surface area contributed by atoms with E-state index >= 15 is 0 Å². The molecule has 2 saturated heterocycles. The lowest BCUT2D eigenvalue weighted by atomic mass is 10.2. The molecule has 0 radical (unpaired) electrons. The molecule has 2 aliphatic heterocycles. The van der Waals surface area contributed by atoms with Crippen molar-refractivity contribution in [3.8, 4) is 5.75 Å². The summed E-state index contributed by atoms with van der Waals surface area (Å²) in [6.07, 6.45) is 1.56. The first kappa shape index (κ1) is 23.6. The lowest BCUT2D eigenvalue weighted by Gasteiger charge is -2.26. The van der Waals surface area contributed by atoms with Crippen LogP contribution < -0.4 is 5.32 Å². The van der Waals surface area contributed by atoms with Crippen LogP contribution in [0.2, 0.25) is 0 Å². The predicted octanol–water partition coefficient (Wildman–Crippen LogP) is 1.45. The molecule has 12 heteroatoms. The maximum atomic E-state index is 12.9. The minimum Gasteiger partial charge on any atom is -0.506 e. The standard InChI is InChI=1S/C21H25N3O7S2/c25-20-7-6-18(33(29,30)23-8-1-2-9-23)15-19(20)22-21(26)16-4-3-5-17(14-16)32(27,28)24-10-12-31-13-11-24/h3-7,14-15,25H,1-2,8-13H2,(H,22,26). The van der Waals surface area contributed by atoms with E-state index in [1.165, 1.54) is 51.1 Å². The Balaban J connectivity index is 1.57. The van der Waals surface area contributed by atoms with E-state index in [0.717, 1.165) is 12.8 Å². The number of carbonyl (C=O) groups excluding carboxylic acids is 1. The number of amides is 1. The summed E-state index contributed by atoms with van der Waals surface area (Å²) in [5.74, 6) is -0.985. The third kappa shape index (κ3) is 4.89. The fraction of sp³-hybridized carbons (Fsp3) is 0.381. The lowest BCUT2D eigenvalue weighted by molar-refractivity contribution is 0.0730. The van der Waals surface area contributed by atoms with Crippen LogP contribution in [0.25, 0.3) is 0 Å². The third-order valence-corrected chi connectivity index (χ3v) is 9.41. The molecule has 178 valence electrons. The van der Waals surface area contributed by atoms with E-state index in [1.54, 1.807) is 0 Å². The third-order valence-electron chi connectivity index (χ3n) is 5.62. The molecule has 0 unspecified atom stereocenters. The van der Waals surface area contributed by atoms with E-state index < -0.39 is 26.0 Å². The number of nitrogens with one attached hydrogen (secondary N) is 1. The molecule has 4 rings (SSSR count). The van der Waals surface area contributed by atoms with Gasteiger partial charge in [-0.2, -0.15) is 8.61 Å². The average Bonchev–Trinajstić information content (AvgIpc) is 3.37. The fourth-order valence-electron chi connectivity index (χ4n) is 3.78. The van der Waals surface area contributed by atoms with Crippen molar-refractivity contribution in [3.05, 3.63) is 48.0 Å². The van der Waals surface area contributed by atoms with Gasteiger partial charge in [0, 0.05) is 31.7 Å². The van der Waals surface area contributed by atoms with Crippen molar-refractivity contribution < 1.29 is 31.5 Å². The molecule has 33 heavy (non-hydrogen) atoms. The Morgan fingerprint density at radius 2 is 1.45 bits per heavy atom. The second kappa shape index (κ2) is 9.39. The molecule has 2 aromatic rings. The number of sulfonamides is 2. The van der Waals surface area contributed by atoms with Crippen molar-refractivity contribution in [1.29, 1.82) is 0 Å². The number of phenols is 1. The van der Waals surface area contributed by atoms with Crippen molar-refractivity contribution in [3.63, 3.8) is 0 Å². The van der Waals surface area contributed by atoms with Gasteiger partial charge in [-0.3, -0.25) is 4.79 Å². The summed E-state index contributed by atoms with van der Waals surface area (Å²) >= 11 is 0. The van der Waals surface area contributed by atoms with Crippen LogP contribution in [-0.2, 0) is 24.8 Å². The molecule has 2 aliphatic rings. The molecule has 0 aromatic heterocycles. The Kier molecular flexibility index (Phi) is 6.73. The summed E-state index contributed by atoms with van der Waals surface area (Å²) < 4.78 is 59.2. The molecule has 2 aromatic carbocycles. The van der Waals surface area contributed by atoms with Crippen molar-refractivity contribution in [2.45, 2.75) is 22.6 Å². The minimum absolute atomic E-state index is 0.0355. The maximum Gasteiger partial charge on any atom is 0.255 e. The van der Waals surface area contributed by atoms with E-state index in [4.69, 9.17) is 4.74 Å². The van der Waals surface area contributed by atoms with Gasteiger partial charge in [0.15, 0.2) is 0 Å². The summed E-state index contributed by atoms with van der Waals surface area (Å²) in [6, 6.07) is 9.25. The van der Waals surface area contributed by atoms with Crippen molar-refractivity contribution in [2.75, 3.05) is 44.7 Å². The van der Waals surface area contributed by atoms with Crippen LogP contribution in [0.5, 0.6) is 5.75 Å². The number of carbonyl (C=O) groups is 1. The molecule has 0 atom stereocenters. The Morgan fingerprint density at radius 3 is 2.12 bits per heavy atom. The highest BCUT2D eigenvalue weighted by atomic mass is 32.2. The highest BCUT2D eigenvalue weighted by Crippen LogP contribution is 2.30. The second-order valence-electron chi connectivity index (χ2n) is 7.79. The Hall–Kier alpha value is -2.51. The number of aromatic hydroxyl groups is 1.